The average Bonchev–Trinajstić information content (AvgIpc) is 3.46. The van der Waals surface area contributed by atoms with Gasteiger partial charge in [0.1, 0.15) is 5.75 Å². The van der Waals surface area contributed by atoms with Crippen LogP contribution < -0.4 is 10.1 Å². The second-order valence-corrected chi connectivity index (χ2v) is 8.38. The van der Waals surface area contributed by atoms with E-state index in [1.54, 1.807) is 24.6 Å². The predicted octanol–water partition coefficient (Wildman–Crippen LogP) is 3.44. The molecular formula is C23H25N3O4S. The highest BCUT2D eigenvalue weighted by Crippen LogP contribution is 2.25. The Labute approximate surface area is 185 Å². The van der Waals surface area contributed by atoms with Gasteiger partial charge in [0.15, 0.2) is 11.7 Å². The molecule has 8 heteroatoms. The van der Waals surface area contributed by atoms with E-state index < -0.39 is 0 Å². The zero-order valence-corrected chi connectivity index (χ0v) is 18.2. The van der Waals surface area contributed by atoms with Crippen LogP contribution in [0.2, 0.25) is 0 Å². The van der Waals surface area contributed by atoms with Gasteiger partial charge in [-0.3, -0.25) is 9.59 Å². The zero-order valence-electron chi connectivity index (χ0n) is 17.4. The lowest BCUT2D eigenvalue weighted by Crippen LogP contribution is -2.37. The van der Waals surface area contributed by atoms with Crippen molar-refractivity contribution in [1.82, 2.24) is 15.2 Å². The number of nitrogens with zero attached hydrogens (tertiary/aromatic N) is 2. The van der Waals surface area contributed by atoms with Crippen LogP contribution in [-0.2, 0) is 29.0 Å². The number of thiophene rings is 1. The number of aromatic nitrogens is 1. The van der Waals surface area contributed by atoms with E-state index in [1.807, 2.05) is 29.2 Å². The Morgan fingerprint density at radius 1 is 1.23 bits per heavy atom. The molecule has 0 unspecified atom stereocenters. The molecule has 2 amide bonds. The number of fused-ring (bicyclic) bond motifs is 1. The summed E-state index contributed by atoms with van der Waals surface area (Å²) < 4.78 is 10.9. The Morgan fingerprint density at radius 2 is 2.06 bits per heavy atom. The molecule has 0 bridgehead atoms. The van der Waals surface area contributed by atoms with Gasteiger partial charge in [-0.25, -0.2) is 4.98 Å². The minimum absolute atomic E-state index is 0.0778. The number of benzene rings is 1. The number of rotatable bonds is 8. The van der Waals surface area contributed by atoms with Crippen molar-refractivity contribution in [3.8, 4) is 17.1 Å². The van der Waals surface area contributed by atoms with Gasteiger partial charge in [-0.05, 0) is 47.7 Å². The second kappa shape index (κ2) is 9.78. The third kappa shape index (κ3) is 5.32. The van der Waals surface area contributed by atoms with Gasteiger partial charge in [-0.1, -0.05) is 0 Å². The maximum atomic E-state index is 12.4. The van der Waals surface area contributed by atoms with Crippen LogP contribution in [0.25, 0.3) is 11.3 Å². The van der Waals surface area contributed by atoms with Gasteiger partial charge in [-0.2, -0.15) is 0 Å². The van der Waals surface area contributed by atoms with Gasteiger partial charge in [0, 0.05) is 49.3 Å². The highest BCUT2D eigenvalue weighted by atomic mass is 32.1. The number of oxazole rings is 1. The minimum Gasteiger partial charge on any atom is -0.497 e. The number of methoxy groups -OCH3 is 1. The molecule has 162 valence electrons. The summed E-state index contributed by atoms with van der Waals surface area (Å²) in [5.41, 5.74) is 2.14. The second-order valence-electron chi connectivity index (χ2n) is 7.38. The van der Waals surface area contributed by atoms with E-state index in [0.29, 0.717) is 37.6 Å². The number of ether oxygens (including phenoxy) is 1. The minimum atomic E-state index is -0.115. The van der Waals surface area contributed by atoms with E-state index in [0.717, 1.165) is 24.3 Å². The van der Waals surface area contributed by atoms with Crippen molar-refractivity contribution >= 4 is 23.2 Å². The van der Waals surface area contributed by atoms with Gasteiger partial charge in [0.25, 0.3) is 0 Å². The lowest BCUT2D eigenvalue weighted by molar-refractivity contribution is -0.132. The quantitative estimate of drug-likeness (QED) is 0.581. The van der Waals surface area contributed by atoms with Crippen molar-refractivity contribution in [2.24, 2.45) is 0 Å². The fourth-order valence-electron chi connectivity index (χ4n) is 3.55. The molecule has 4 rings (SSSR count). The van der Waals surface area contributed by atoms with Crippen LogP contribution in [-0.4, -0.2) is 41.9 Å². The monoisotopic (exact) mass is 439 g/mol. The molecule has 3 heterocycles. The molecule has 1 aromatic carbocycles. The number of carbonyl (C=O) groups is 2. The van der Waals surface area contributed by atoms with E-state index in [-0.39, 0.29) is 18.2 Å². The van der Waals surface area contributed by atoms with E-state index in [4.69, 9.17) is 9.15 Å². The molecule has 0 aliphatic carbocycles. The summed E-state index contributed by atoms with van der Waals surface area (Å²) in [5.74, 6) is 1.90. The lowest BCUT2D eigenvalue weighted by Gasteiger charge is -2.27. The standard InChI is InChI=1S/C23H25N3O4S/c1-29-18-4-2-16(3-5-18)19-14-25-22(30-19)7-6-21(27)24-11-8-23(28)26-12-9-20-17(15-26)10-13-31-20/h2-5,10,13-14H,6-9,11-12,15H2,1H3,(H,24,27). The first-order chi connectivity index (χ1) is 15.1. The van der Waals surface area contributed by atoms with E-state index >= 15 is 0 Å². The molecule has 31 heavy (non-hydrogen) atoms. The summed E-state index contributed by atoms with van der Waals surface area (Å²) in [6.07, 6.45) is 3.55. The first-order valence-electron chi connectivity index (χ1n) is 10.3. The molecule has 2 aromatic heterocycles. The topological polar surface area (TPSA) is 84.7 Å². The van der Waals surface area contributed by atoms with Gasteiger partial charge >= 0.3 is 0 Å². The molecular weight excluding hydrogens is 414 g/mol. The van der Waals surface area contributed by atoms with E-state index in [9.17, 15) is 9.59 Å². The Balaban J connectivity index is 1.18. The first kappa shape index (κ1) is 21.1. The molecule has 0 atom stereocenters. The maximum absolute atomic E-state index is 12.4. The van der Waals surface area contributed by atoms with E-state index in [2.05, 4.69) is 21.7 Å². The van der Waals surface area contributed by atoms with Gasteiger partial charge < -0.3 is 19.4 Å². The predicted molar refractivity (Wildman–Crippen MR) is 118 cm³/mol. The summed E-state index contributed by atoms with van der Waals surface area (Å²) in [5, 5.41) is 4.90. The van der Waals surface area contributed by atoms with Crippen LogP contribution in [0, 0.1) is 0 Å². The smallest absolute Gasteiger partial charge is 0.224 e. The first-order valence-corrected chi connectivity index (χ1v) is 11.2. The summed E-state index contributed by atoms with van der Waals surface area (Å²) >= 11 is 1.75. The molecule has 1 N–H and O–H groups in total. The van der Waals surface area contributed by atoms with Crippen LogP contribution in [0.1, 0.15) is 29.2 Å². The van der Waals surface area contributed by atoms with Crippen molar-refractivity contribution in [2.75, 3.05) is 20.2 Å². The third-order valence-corrected chi connectivity index (χ3v) is 6.34. The number of nitrogens with one attached hydrogen (secondary N) is 1. The highest BCUT2D eigenvalue weighted by Gasteiger charge is 2.21. The fourth-order valence-corrected chi connectivity index (χ4v) is 4.44. The number of carbonyl (C=O) groups excluding carboxylic acids is 2. The van der Waals surface area contributed by atoms with E-state index in [1.165, 1.54) is 10.4 Å². The third-order valence-electron chi connectivity index (χ3n) is 5.32. The van der Waals surface area contributed by atoms with Crippen LogP contribution in [0.4, 0.5) is 0 Å². The molecule has 0 saturated heterocycles. The Hall–Kier alpha value is -3.13. The summed E-state index contributed by atoms with van der Waals surface area (Å²) in [4.78, 5) is 32.0. The fraction of sp³-hybridized carbons (Fsp3) is 0.348. The number of amides is 2. The van der Waals surface area contributed by atoms with Crippen LogP contribution in [0.15, 0.2) is 46.3 Å². The largest absolute Gasteiger partial charge is 0.497 e. The number of aryl methyl sites for hydroxylation is 1. The molecule has 1 aliphatic heterocycles. The van der Waals surface area contributed by atoms with Gasteiger partial charge in [-0.15, -0.1) is 11.3 Å². The molecule has 3 aromatic rings. The van der Waals surface area contributed by atoms with Crippen molar-refractivity contribution in [3.63, 3.8) is 0 Å². The number of hydrogen-bond donors (Lipinski definition) is 1. The molecule has 0 saturated carbocycles. The maximum Gasteiger partial charge on any atom is 0.224 e. The molecule has 7 nitrogen and oxygen atoms in total. The zero-order chi connectivity index (χ0) is 21.6. The number of hydrogen-bond acceptors (Lipinski definition) is 6. The highest BCUT2D eigenvalue weighted by molar-refractivity contribution is 7.10. The lowest BCUT2D eigenvalue weighted by atomic mass is 10.1. The Morgan fingerprint density at radius 3 is 2.87 bits per heavy atom. The SMILES string of the molecule is COc1ccc(-c2cnc(CCC(=O)NCCC(=O)N3CCc4sccc4C3)o2)cc1. The molecule has 0 radical (unpaired) electrons. The normalized spacial score (nSPS) is 13.0. The van der Waals surface area contributed by atoms with Gasteiger partial charge in [0.2, 0.25) is 11.8 Å². The summed E-state index contributed by atoms with van der Waals surface area (Å²) in [7, 11) is 1.62. The average molecular weight is 440 g/mol. The van der Waals surface area contributed by atoms with Crippen molar-refractivity contribution in [1.29, 1.82) is 0 Å². The van der Waals surface area contributed by atoms with Gasteiger partial charge in [0.05, 0.1) is 13.3 Å². The van der Waals surface area contributed by atoms with Crippen LogP contribution in [0.5, 0.6) is 5.75 Å². The molecule has 0 spiro atoms. The molecule has 0 fully saturated rings. The Kier molecular flexibility index (Phi) is 6.66. The summed E-state index contributed by atoms with van der Waals surface area (Å²) in [6, 6.07) is 9.59. The van der Waals surface area contributed by atoms with Crippen LogP contribution >= 0.6 is 11.3 Å². The van der Waals surface area contributed by atoms with Crippen LogP contribution in [0.3, 0.4) is 0 Å². The summed E-state index contributed by atoms with van der Waals surface area (Å²) in [6.45, 7) is 1.76. The van der Waals surface area contributed by atoms with Crippen molar-refractivity contribution in [2.45, 2.75) is 32.2 Å². The molecule has 1 aliphatic rings. The van der Waals surface area contributed by atoms with Crippen molar-refractivity contribution in [3.05, 3.63) is 58.2 Å². The Bertz CT molecular complexity index is 1040. The van der Waals surface area contributed by atoms with Crippen molar-refractivity contribution < 1.29 is 18.7 Å².